The largest absolute Gasteiger partial charge is 0.381 e. The van der Waals surface area contributed by atoms with Crippen LogP contribution in [-0.4, -0.2) is 19.3 Å². The smallest absolute Gasteiger partial charge is 0.0574 e. The van der Waals surface area contributed by atoms with Crippen LogP contribution in [0, 0.1) is 5.41 Å². The van der Waals surface area contributed by atoms with E-state index in [0.29, 0.717) is 17.6 Å². The third kappa shape index (κ3) is 1.94. The first-order valence-corrected chi connectivity index (χ1v) is 4.40. The van der Waals surface area contributed by atoms with E-state index in [1.165, 1.54) is 6.42 Å². The van der Waals surface area contributed by atoms with Gasteiger partial charge in [0.1, 0.15) is 0 Å². The Morgan fingerprint density at radius 3 is 2.55 bits per heavy atom. The van der Waals surface area contributed by atoms with E-state index in [9.17, 15) is 0 Å². The van der Waals surface area contributed by atoms with Crippen molar-refractivity contribution < 1.29 is 4.74 Å². The highest BCUT2D eigenvalue weighted by Crippen LogP contribution is 2.48. The first kappa shape index (κ1) is 9.01. The monoisotopic (exact) mass is 157 g/mol. The molecule has 1 aliphatic rings. The van der Waals surface area contributed by atoms with E-state index in [-0.39, 0.29) is 0 Å². The van der Waals surface area contributed by atoms with Gasteiger partial charge in [0.2, 0.25) is 0 Å². The number of hydrogen-bond acceptors (Lipinski definition) is 2. The summed E-state index contributed by atoms with van der Waals surface area (Å²) < 4.78 is 5.31. The van der Waals surface area contributed by atoms with Crippen molar-refractivity contribution in [3.8, 4) is 0 Å². The predicted octanol–water partition coefficient (Wildman–Crippen LogP) is 1.54. The molecule has 1 fully saturated rings. The Kier molecular flexibility index (Phi) is 2.55. The van der Waals surface area contributed by atoms with Gasteiger partial charge in [-0.05, 0) is 24.7 Å². The third-order valence-electron chi connectivity index (χ3n) is 2.90. The number of rotatable bonds is 4. The van der Waals surface area contributed by atoms with Gasteiger partial charge in [-0.15, -0.1) is 0 Å². The van der Waals surface area contributed by atoms with E-state index in [4.69, 9.17) is 10.5 Å². The van der Waals surface area contributed by atoms with Crippen LogP contribution in [0.5, 0.6) is 0 Å². The van der Waals surface area contributed by atoms with Crippen LogP contribution in [0.15, 0.2) is 0 Å². The van der Waals surface area contributed by atoms with Gasteiger partial charge < -0.3 is 10.5 Å². The summed E-state index contributed by atoms with van der Waals surface area (Å²) in [5.74, 6) is 0. The number of nitrogens with two attached hydrogens (primary N) is 1. The Balaban J connectivity index is 2.29. The zero-order chi connectivity index (χ0) is 8.48. The molecule has 0 bridgehead atoms. The highest BCUT2D eigenvalue weighted by atomic mass is 16.5. The average Bonchev–Trinajstić information content (AvgIpc) is 2.55. The summed E-state index contributed by atoms with van der Waals surface area (Å²) in [4.78, 5) is 0. The molecule has 0 amide bonds. The Labute approximate surface area is 69.1 Å². The molecule has 2 unspecified atom stereocenters. The Hall–Kier alpha value is -0.0800. The summed E-state index contributed by atoms with van der Waals surface area (Å²) in [5.41, 5.74) is 6.19. The lowest BCUT2D eigenvalue weighted by atomic mass is 9.99. The maximum Gasteiger partial charge on any atom is 0.0574 e. The van der Waals surface area contributed by atoms with Crippen LogP contribution in [0.1, 0.15) is 33.1 Å². The van der Waals surface area contributed by atoms with Crippen molar-refractivity contribution in [1.82, 2.24) is 0 Å². The van der Waals surface area contributed by atoms with Crippen LogP contribution in [0.3, 0.4) is 0 Å². The fourth-order valence-electron chi connectivity index (χ4n) is 1.59. The van der Waals surface area contributed by atoms with Gasteiger partial charge in [-0.3, -0.25) is 0 Å². The Morgan fingerprint density at radius 1 is 1.73 bits per heavy atom. The average molecular weight is 157 g/mol. The Morgan fingerprint density at radius 2 is 2.27 bits per heavy atom. The van der Waals surface area contributed by atoms with Crippen molar-refractivity contribution in [3.63, 3.8) is 0 Å². The molecule has 3 atom stereocenters. The van der Waals surface area contributed by atoms with Gasteiger partial charge in [0.25, 0.3) is 0 Å². The second kappa shape index (κ2) is 3.11. The van der Waals surface area contributed by atoms with Gasteiger partial charge in [-0.2, -0.15) is 0 Å². The lowest BCUT2D eigenvalue weighted by Gasteiger charge is -2.17. The van der Waals surface area contributed by atoms with E-state index in [0.717, 1.165) is 12.8 Å². The molecule has 0 radical (unpaired) electrons. The van der Waals surface area contributed by atoms with Crippen LogP contribution in [0.4, 0.5) is 0 Å². The summed E-state index contributed by atoms with van der Waals surface area (Å²) in [6, 6.07) is 0.423. The van der Waals surface area contributed by atoms with E-state index < -0.39 is 0 Å². The molecule has 1 rings (SSSR count). The van der Waals surface area contributed by atoms with E-state index in [1.807, 2.05) is 0 Å². The SMILES string of the molecule is CCC(C[C@]1(C)CC1N)OC. The van der Waals surface area contributed by atoms with Gasteiger partial charge in [-0.1, -0.05) is 13.8 Å². The molecule has 0 spiro atoms. The van der Waals surface area contributed by atoms with Crippen LogP contribution < -0.4 is 5.73 Å². The summed E-state index contributed by atoms with van der Waals surface area (Å²) in [6.45, 7) is 4.41. The molecule has 2 nitrogen and oxygen atoms in total. The molecule has 0 heterocycles. The first-order valence-electron chi connectivity index (χ1n) is 4.40. The highest BCUT2D eigenvalue weighted by molar-refractivity contribution is 5.03. The lowest BCUT2D eigenvalue weighted by molar-refractivity contribution is 0.0748. The molecule has 0 aromatic heterocycles. The molecule has 0 saturated heterocycles. The fourth-order valence-corrected chi connectivity index (χ4v) is 1.59. The summed E-state index contributed by atoms with van der Waals surface area (Å²) in [5, 5.41) is 0. The minimum atomic E-state index is 0.386. The van der Waals surface area contributed by atoms with Crippen molar-refractivity contribution in [1.29, 1.82) is 0 Å². The molecular formula is C9H19NO. The maximum absolute atomic E-state index is 5.80. The molecule has 11 heavy (non-hydrogen) atoms. The minimum absolute atomic E-state index is 0.386. The zero-order valence-corrected chi connectivity index (χ0v) is 7.76. The molecule has 1 aliphatic carbocycles. The second-order valence-electron chi connectivity index (χ2n) is 3.93. The molecule has 2 heteroatoms. The number of methoxy groups -OCH3 is 1. The molecule has 0 aromatic rings. The van der Waals surface area contributed by atoms with Gasteiger partial charge in [-0.25, -0.2) is 0 Å². The fraction of sp³-hybridized carbons (Fsp3) is 1.00. The third-order valence-corrected chi connectivity index (χ3v) is 2.90. The second-order valence-corrected chi connectivity index (χ2v) is 3.93. The van der Waals surface area contributed by atoms with Gasteiger partial charge >= 0.3 is 0 Å². The molecule has 0 aliphatic heterocycles. The summed E-state index contributed by atoms with van der Waals surface area (Å²) in [6.07, 6.45) is 3.81. The van der Waals surface area contributed by atoms with Crippen molar-refractivity contribution >= 4 is 0 Å². The normalized spacial score (nSPS) is 38.7. The topological polar surface area (TPSA) is 35.2 Å². The van der Waals surface area contributed by atoms with Crippen molar-refractivity contribution in [3.05, 3.63) is 0 Å². The Bertz CT molecular complexity index is 134. The van der Waals surface area contributed by atoms with Gasteiger partial charge in [0.15, 0.2) is 0 Å². The van der Waals surface area contributed by atoms with Crippen molar-refractivity contribution in [2.75, 3.05) is 7.11 Å². The molecule has 0 aromatic carbocycles. The molecule has 1 saturated carbocycles. The van der Waals surface area contributed by atoms with Crippen LogP contribution in [0.25, 0.3) is 0 Å². The standard InChI is InChI=1S/C9H19NO/c1-4-7(11-3)5-9(2)6-8(9)10/h7-8H,4-6,10H2,1-3H3/t7?,8?,9-/m1/s1. The van der Waals surface area contributed by atoms with Gasteiger partial charge in [0.05, 0.1) is 6.10 Å². The van der Waals surface area contributed by atoms with Gasteiger partial charge in [0, 0.05) is 13.2 Å². The van der Waals surface area contributed by atoms with Crippen LogP contribution in [0.2, 0.25) is 0 Å². The summed E-state index contributed by atoms with van der Waals surface area (Å²) in [7, 11) is 1.78. The number of ether oxygens (including phenoxy) is 1. The lowest BCUT2D eigenvalue weighted by Crippen LogP contribution is -2.19. The van der Waals surface area contributed by atoms with E-state index in [2.05, 4.69) is 13.8 Å². The summed E-state index contributed by atoms with van der Waals surface area (Å²) >= 11 is 0. The molecular weight excluding hydrogens is 138 g/mol. The first-order chi connectivity index (χ1) is 5.12. The molecule has 66 valence electrons. The number of hydrogen-bond donors (Lipinski definition) is 1. The van der Waals surface area contributed by atoms with Crippen LogP contribution >= 0.6 is 0 Å². The molecule has 2 N–H and O–H groups in total. The highest BCUT2D eigenvalue weighted by Gasteiger charge is 2.48. The van der Waals surface area contributed by atoms with Crippen molar-refractivity contribution in [2.24, 2.45) is 11.1 Å². The minimum Gasteiger partial charge on any atom is -0.381 e. The maximum atomic E-state index is 5.80. The zero-order valence-electron chi connectivity index (χ0n) is 7.76. The van der Waals surface area contributed by atoms with E-state index >= 15 is 0 Å². The van der Waals surface area contributed by atoms with Crippen molar-refractivity contribution in [2.45, 2.75) is 45.3 Å². The van der Waals surface area contributed by atoms with E-state index in [1.54, 1.807) is 7.11 Å². The van der Waals surface area contributed by atoms with Crippen LogP contribution in [-0.2, 0) is 4.74 Å². The predicted molar refractivity (Wildman–Crippen MR) is 46.4 cm³/mol. The quantitative estimate of drug-likeness (QED) is 0.672.